The highest BCUT2D eigenvalue weighted by Crippen LogP contribution is 2.34. The lowest BCUT2D eigenvalue weighted by Crippen LogP contribution is -2.55. The Labute approximate surface area is 138 Å². The number of rotatable bonds is 2. The van der Waals surface area contributed by atoms with Gasteiger partial charge in [0.15, 0.2) is 0 Å². The summed E-state index contributed by atoms with van der Waals surface area (Å²) in [4.78, 5) is 27.3. The molecule has 1 saturated carbocycles. The Morgan fingerprint density at radius 3 is 1.96 bits per heavy atom. The highest BCUT2D eigenvalue weighted by atomic mass is 35.5. The number of benzene rings is 1. The fraction of sp³-hybridized carbons (Fsp3) is 0.467. The molecule has 126 valence electrons. The first-order chi connectivity index (χ1) is 10.4. The van der Waals surface area contributed by atoms with E-state index >= 15 is 0 Å². The molecule has 2 amide bonds. The molecule has 1 aromatic rings. The Morgan fingerprint density at radius 1 is 1.00 bits per heavy atom. The molecule has 0 radical (unpaired) electrons. The zero-order valence-corrected chi connectivity index (χ0v) is 13.2. The normalized spacial score (nSPS) is 19.1. The van der Waals surface area contributed by atoms with E-state index in [0.29, 0.717) is 25.9 Å². The Bertz CT molecular complexity index is 609. The van der Waals surface area contributed by atoms with Crippen LogP contribution < -0.4 is 5.73 Å². The minimum Gasteiger partial charge on any atom is -0.338 e. The quantitative estimate of drug-likeness (QED) is 0.874. The molecule has 1 aliphatic heterocycles. The number of piperazine rings is 1. The van der Waals surface area contributed by atoms with E-state index in [0.717, 1.165) is 12.1 Å². The SMILES string of the molecule is Cl.NC1(C(=O)N2CCN(C(=O)c3c(F)cccc3F)CC2)CC1. The summed E-state index contributed by atoms with van der Waals surface area (Å²) in [6.07, 6.45) is 1.37. The van der Waals surface area contributed by atoms with Gasteiger partial charge >= 0.3 is 0 Å². The van der Waals surface area contributed by atoms with Crippen molar-refractivity contribution < 1.29 is 18.4 Å². The lowest BCUT2D eigenvalue weighted by Gasteiger charge is -2.36. The van der Waals surface area contributed by atoms with Gasteiger partial charge in [-0.2, -0.15) is 0 Å². The van der Waals surface area contributed by atoms with Crippen LogP contribution in [0, 0.1) is 11.6 Å². The fourth-order valence-corrected chi connectivity index (χ4v) is 2.64. The molecule has 0 bridgehead atoms. The second-order valence-corrected chi connectivity index (χ2v) is 5.84. The van der Waals surface area contributed by atoms with E-state index in [1.165, 1.54) is 11.0 Å². The maximum atomic E-state index is 13.7. The standard InChI is InChI=1S/C15H17F2N3O2.ClH/c16-10-2-1-3-11(17)12(10)13(21)19-6-8-20(9-7-19)14(22)15(18)4-5-15;/h1-3H,4-9,18H2;1H. The molecular weight excluding hydrogens is 328 g/mol. The molecule has 1 saturated heterocycles. The maximum absolute atomic E-state index is 13.7. The Kier molecular flexibility index (Phi) is 4.91. The predicted molar refractivity (Wildman–Crippen MR) is 82.2 cm³/mol. The summed E-state index contributed by atoms with van der Waals surface area (Å²) in [7, 11) is 0. The molecule has 1 heterocycles. The summed E-state index contributed by atoms with van der Waals surface area (Å²) in [5.41, 5.74) is 4.60. The number of carbonyl (C=O) groups excluding carboxylic acids is 2. The van der Waals surface area contributed by atoms with Gasteiger partial charge in [0.05, 0.1) is 5.54 Å². The minimum atomic E-state index is -0.873. The fourth-order valence-electron chi connectivity index (χ4n) is 2.64. The second-order valence-electron chi connectivity index (χ2n) is 5.84. The number of hydrogen-bond acceptors (Lipinski definition) is 3. The average Bonchev–Trinajstić information content (AvgIpc) is 3.25. The van der Waals surface area contributed by atoms with Crippen molar-refractivity contribution >= 4 is 24.2 Å². The van der Waals surface area contributed by atoms with Gasteiger partial charge in [-0.3, -0.25) is 9.59 Å². The van der Waals surface area contributed by atoms with Crippen molar-refractivity contribution in [2.75, 3.05) is 26.2 Å². The Hall–Kier alpha value is -1.73. The van der Waals surface area contributed by atoms with Gasteiger partial charge in [0.25, 0.3) is 5.91 Å². The van der Waals surface area contributed by atoms with Crippen LogP contribution in [0.4, 0.5) is 8.78 Å². The topological polar surface area (TPSA) is 66.6 Å². The van der Waals surface area contributed by atoms with Gasteiger partial charge in [-0.15, -0.1) is 12.4 Å². The number of amides is 2. The maximum Gasteiger partial charge on any atom is 0.259 e. The molecule has 2 aliphatic rings. The van der Waals surface area contributed by atoms with Gasteiger partial charge in [-0.1, -0.05) is 6.07 Å². The molecule has 1 aliphatic carbocycles. The monoisotopic (exact) mass is 345 g/mol. The van der Waals surface area contributed by atoms with Crippen molar-refractivity contribution in [3.63, 3.8) is 0 Å². The van der Waals surface area contributed by atoms with E-state index in [-0.39, 0.29) is 31.4 Å². The largest absolute Gasteiger partial charge is 0.338 e. The summed E-state index contributed by atoms with van der Waals surface area (Å²) in [6, 6.07) is 3.33. The van der Waals surface area contributed by atoms with Crippen LogP contribution >= 0.6 is 12.4 Å². The first-order valence-electron chi connectivity index (χ1n) is 7.24. The van der Waals surface area contributed by atoms with Gasteiger partial charge < -0.3 is 15.5 Å². The van der Waals surface area contributed by atoms with Crippen LogP contribution in [-0.4, -0.2) is 53.3 Å². The lowest BCUT2D eigenvalue weighted by atomic mass is 10.1. The molecule has 0 unspecified atom stereocenters. The van der Waals surface area contributed by atoms with Gasteiger partial charge in [0, 0.05) is 26.2 Å². The molecule has 0 spiro atoms. The molecular formula is C15H18ClF2N3O2. The smallest absolute Gasteiger partial charge is 0.259 e. The van der Waals surface area contributed by atoms with Gasteiger partial charge in [-0.25, -0.2) is 8.78 Å². The van der Waals surface area contributed by atoms with Crippen LogP contribution in [0.1, 0.15) is 23.2 Å². The number of nitrogens with two attached hydrogens (primary N) is 1. The van der Waals surface area contributed by atoms with E-state index in [2.05, 4.69) is 0 Å². The van der Waals surface area contributed by atoms with E-state index in [1.807, 2.05) is 0 Å². The van der Waals surface area contributed by atoms with Crippen molar-refractivity contribution in [1.82, 2.24) is 9.80 Å². The van der Waals surface area contributed by atoms with Crippen molar-refractivity contribution in [3.8, 4) is 0 Å². The summed E-state index contributed by atoms with van der Waals surface area (Å²) >= 11 is 0. The molecule has 8 heteroatoms. The van der Waals surface area contributed by atoms with Gasteiger partial charge in [0.2, 0.25) is 5.91 Å². The molecule has 3 rings (SSSR count). The molecule has 0 atom stereocenters. The lowest BCUT2D eigenvalue weighted by molar-refractivity contribution is -0.135. The molecule has 23 heavy (non-hydrogen) atoms. The molecule has 2 N–H and O–H groups in total. The molecule has 5 nitrogen and oxygen atoms in total. The number of nitrogens with zero attached hydrogens (tertiary/aromatic N) is 2. The third kappa shape index (κ3) is 3.30. The average molecular weight is 346 g/mol. The van der Waals surface area contributed by atoms with Crippen molar-refractivity contribution in [3.05, 3.63) is 35.4 Å². The summed E-state index contributed by atoms with van der Waals surface area (Å²) in [6.45, 7) is 1.15. The number of halogens is 3. The zero-order valence-electron chi connectivity index (χ0n) is 12.4. The van der Waals surface area contributed by atoms with Crippen LogP contribution in [0.25, 0.3) is 0 Å². The van der Waals surface area contributed by atoms with Gasteiger partial charge in [0.1, 0.15) is 17.2 Å². The number of carbonyl (C=O) groups is 2. The first-order valence-corrected chi connectivity index (χ1v) is 7.24. The van der Waals surface area contributed by atoms with Crippen molar-refractivity contribution in [2.45, 2.75) is 18.4 Å². The van der Waals surface area contributed by atoms with Gasteiger partial charge in [-0.05, 0) is 25.0 Å². The van der Waals surface area contributed by atoms with Crippen molar-refractivity contribution in [1.29, 1.82) is 0 Å². The zero-order chi connectivity index (χ0) is 15.9. The van der Waals surface area contributed by atoms with E-state index in [9.17, 15) is 18.4 Å². The summed E-state index contributed by atoms with van der Waals surface area (Å²) < 4.78 is 27.3. The van der Waals surface area contributed by atoms with Crippen LogP contribution in [0.5, 0.6) is 0 Å². The highest BCUT2D eigenvalue weighted by Gasteiger charge is 2.48. The summed E-state index contributed by atoms with van der Waals surface area (Å²) in [5, 5.41) is 0. The second kappa shape index (κ2) is 6.41. The number of hydrogen-bond donors (Lipinski definition) is 1. The van der Waals surface area contributed by atoms with E-state index < -0.39 is 28.6 Å². The Morgan fingerprint density at radius 2 is 1.48 bits per heavy atom. The van der Waals surface area contributed by atoms with Crippen molar-refractivity contribution in [2.24, 2.45) is 5.73 Å². The predicted octanol–water partition coefficient (Wildman–Crippen LogP) is 1.16. The van der Waals surface area contributed by atoms with E-state index in [1.54, 1.807) is 4.90 Å². The summed E-state index contributed by atoms with van der Waals surface area (Å²) in [5.74, 6) is -2.53. The molecule has 1 aromatic carbocycles. The van der Waals surface area contributed by atoms with E-state index in [4.69, 9.17) is 5.73 Å². The van der Waals surface area contributed by atoms with Crippen LogP contribution in [-0.2, 0) is 4.79 Å². The molecule has 0 aromatic heterocycles. The van der Waals surface area contributed by atoms with Crippen LogP contribution in [0.2, 0.25) is 0 Å². The van der Waals surface area contributed by atoms with Crippen LogP contribution in [0.15, 0.2) is 18.2 Å². The Balaban J connectivity index is 0.00000192. The third-order valence-corrected chi connectivity index (χ3v) is 4.25. The van der Waals surface area contributed by atoms with Crippen LogP contribution in [0.3, 0.4) is 0 Å². The first kappa shape index (κ1) is 17.6. The highest BCUT2D eigenvalue weighted by molar-refractivity contribution is 5.95. The minimum absolute atomic E-state index is 0. The molecule has 2 fully saturated rings. The third-order valence-electron chi connectivity index (χ3n) is 4.25.